The number of hydrogen-bond acceptors (Lipinski definition) is 2. The van der Waals surface area contributed by atoms with E-state index < -0.39 is 0 Å². The van der Waals surface area contributed by atoms with E-state index in [1.807, 2.05) is 48.9 Å². The number of aromatic nitrogens is 2. The molecule has 0 N–H and O–H groups in total. The third-order valence-corrected chi connectivity index (χ3v) is 2.56. The molecular formula is C15H18N2O. The van der Waals surface area contributed by atoms with Gasteiger partial charge in [0.25, 0.3) is 0 Å². The van der Waals surface area contributed by atoms with Crippen molar-refractivity contribution in [2.75, 3.05) is 0 Å². The number of allylic oxidation sites excluding steroid dienone is 1. The fourth-order valence-corrected chi connectivity index (χ4v) is 1.80. The molecule has 3 heteroatoms. The van der Waals surface area contributed by atoms with Crippen molar-refractivity contribution in [3.63, 3.8) is 0 Å². The van der Waals surface area contributed by atoms with Crippen LogP contribution in [0.2, 0.25) is 0 Å². The minimum absolute atomic E-state index is 0.159. The summed E-state index contributed by atoms with van der Waals surface area (Å²) in [7, 11) is 0. The molecule has 0 unspecified atom stereocenters. The predicted molar refractivity (Wildman–Crippen MR) is 73.5 cm³/mol. The van der Waals surface area contributed by atoms with Gasteiger partial charge < -0.3 is 9.30 Å². The quantitative estimate of drug-likeness (QED) is 0.803. The summed E-state index contributed by atoms with van der Waals surface area (Å²) in [5.41, 5.74) is 2.07. The molecule has 2 rings (SSSR count). The van der Waals surface area contributed by atoms with E-state index in [2.05, 4.69) is 11.6 Å². The molecule has 0 spiro atoms. The van der Waals surface area contributed by atoms with Gasteiger partial charge in [0, 0.05) is 24.5 Å². The maximum absolute atomic E-state index is 5.80. The van der Waals surface area contributed by atoms with E-state index in [0.29, 0.717) is 0 Å². The van der Waals surface area contributed by atoms with Crippen molar-refractivity contribution < 1.29 is 4.74 Å². The zero-order chi connectivity index (χ0) is 13.0. The first-order valence-corrected chi connectivity index (χ1v) is 6.06. The predicted octanol–water partition coefficient (Wildman–Crippen LogP) is 3.38. The molecule has 1 heterocycles. The fourth-order valence-electron chi connectivity index (χ4n) is 1.80. The van der Waals surface area contributed by atoms with Crippen LogP contribution >= 0.6 is 0 Å². The Morgan fingerprint density at radius 2 is 2.17 bits per heavy atom. The van der Waals surface area contributed by atoms with E-state index in [-0.39, 0.29) is 6.10 Å². The van der Waals surface area contributed by atoms with Crippen LogP contribution in [0.5, 0.6) is 5.75 Å². The Kier molecular flexibility index (Phi) is 3.82. The second-order valence-corrected chi connectivity index (χ2v) is 4.50. The molecule has 0 aliphatic rings. The molecule has 0 fully saturated rings. The van der Waals surface area contributed by atoms with E-state index in [4.69, 9.17) is 4.74 Å². The number of nitrogens with zero attached hydrogens (tertiary/aromatic N) is 2. The number of benzene rings is 1. The van der Waals surface area contributed by atoms with Crippen LogP contribution in [-0.4, -0.2) is 15.7 Å². The summed E-state index contributed by atoms with van der Waals surface area (Å²) in [4.78, 5) is 4.03. The topological polar surface area (TPSA) is 27.1 Å². The number of hydrogen-bond donors (Lipinski definition) is 0. The Morgan fingerprint density at radius 1 is 1.39 bits per heavy atom. The van der Waals surface area contributed by atoms with Gasteiger partial charge in [-0.1, -0.05) is 24.8 Å². The Labute approximate surface area is 108 Å². The maximum atomic E-state index is 5.80. The van der Waals surface area contributed by atoms with Gasteiger partial charge in [-0.3, -0.25) is 0 Å². The summed E-state index contributed by atoms with van der Waals surface area (Å²) in [6.45, 7) is 8.91. The van der Waals surface area contributed by atoms with Gasteiger partial charge in [-0.05, 0) is 25.5 Å². The molecule has 0 radical (unpaired) electrons. The van der Waals surface area contributed by atoms with Gasteiger partial charge in [0.2, 0.25) is 0 Å². The Balaban J connectivity index is 2.19. The smallest absolute Gasteiger partial charge is 0.127 e. The second kappa shape index (κ2) is 5.54. The van der Waals surface area contributed by atoms with Gasteiger partial charge in [0.05, 0.1) is 12.4 Å². The van der Waals surface area contributed by atoms with Gasteiger partial charge in [0.1, 0.15) is 5.75 Å². The maximum Gasteiger partial charge on any atom is 0.127 e. The monoisotopic (exact) mass is 242 g/mol. The van der Waals surface area contributed by atoms with Crippen LogP contribution in [0.15, 0.2) is 49.6 Å². The lowest BCUT2D eigenvalue weighted by atomic mass is 10.1. The van der Waals surface area contributed by atoms with Gasteiger partial charge in [-0.2, -0.15) is 0 Å². The average Bonchev–Trinajstić information content (AvgIpc) is 2.81. The van der Waals surface area contributed by atoms with Crippen molar-refractivity contribution >= 4 is 5.57 Å². The van der Waals surface area contributed by atoms with E-state index in [1.165, 1.54) is 0 Å². The molecule has 18 heavy (non-hydrogen) atoms. The molecule has 0 saturated heterocycles. The minimum atomic E-state index is 0.159. The average molecular weight is 242 g/mol. The van der Waals surface area contributed by atoms with Crippen molar-refractivity contribution in [1.82, 2.24) is 9.55 Å². The van der Waals surface area contributed by atoms with Crippen molar-refractivity contribution in [2.45, 2.75) is 26.5 Å². The lowest BCUT2D eigenvalue weighted by Gasteiger charge is -2.15. The fraction of sp³-hybridized carbons (Fsp3) is 0.267. The highest BCUT2D eigenvalue weighted by molar-refractivity contribution is 5.68. The van der Waals surface area contributed by atoms with Crippen molar-refractivity contribution in [1.29, 1.82) is 0 Å². The first kappa shape index (κ1) is 12.4. The minimum Gasteiger partial charge on any atom is -0.490 e. The molecule has 0 saturated carbocycles. The van der Waals surface area contributed by atoms with Crippen LogP contribution in [0.3, 0.4) is 0 Å². The molecule has 0 amide bonds. The Bertz CT molecular complexity index is 515. The zero-order valence-corrected chi connectivity index (χ0v) is 10.8. The van der Waals surface area contributed by atoms with Gasteiger partial charge in [-0.25, -0.2) is 4.98 Å². The lowest BCUT2D eigenvalue weighted by Crippen LogP contribution is -2.08. The zero-order valence-electron chi connectivity index (χ0n) is 10.8. The highest BCUT2D eigenvalue weighted by atomic mass is 16.5. The summed E-state index contributed by atoms with van der Waals surface area (Å²) in [5, 5.41) is 0. The van der Waals surface area contributed by atoms with Gasteiger partial charge in [0.15, 0.2) is 0 Å². The standard InChI is InChI=1S/C15H18N2O/c1-12(2)18-15-7-5-4-6-14(15)13(3)10-17-9-8-16-11-17/h4-9,11-12H,3,10H2,1-2H3. The third-order valence-electron chi connectivity index (χ3n) is 2.56. The first-order chi connectivity index (χ1) is 8.66. The molecule has 0 atom stereocenters. The first-order valence-electron chi connectivity index (χ1n) is 6.06. The van der Waals surface area contributed by atoms with Crippen LogP contribution in [0.4, 0.5) is 0 Å². The molecule has 1 aromatic carbocycles. The summed E-state index contributed by atoms with van der Waals surface area (Å²) >= 11 is 0. The van der Waals surface area contributed by atoms with Crippen LogP contribution in [0.1, 0.15) is 19.4 Å². The van der Waals surface area contributed by atoms with E-state index in [9.17, 15) is 0 Å². The molecule has 0 aliphatic carbocycles. The Hall–Kier alpha value is -2.03. The number of ether oxygens (including phenoxy) is 1. The highest BCUT2D eigenvalue weighted by Crippen LogP contribution is 2.26. The summed E-state index contributed by atoms with van der Waals surface area (Å²) in [6, 6.07) is 8.00. The summed E-state index contributed by atoms with van der Waals surface area (Å²) < 4.78 is 7.79. The van der Waals surface area contributed by atoms with Crippen molar-refractivity contribution in [2.24, 2.45) is 0 Å². The van der Waals surface area contributed by atoms with Gasteiger partial charge in [-0.15, -0.1) is 0 Å². The molecule has 94 valence electrons. The van der Waals surface area contributed by atoms with E-state index >= 15 is 0 Å². The van der Waals surface area contributed by atoms with Crippen molar-refractivity contribution in [3.05, 3.63) is 55.1 Å². The summed E-state index contributed by atoms with van der Waals surface area (Å²) in [6.07, 6.45) is 5.64. The number of rotatable bonds is 5. The van der Waals surface area contributed by atoms with Gasteiger partial charge >= 0.3 is 0 Å². The Morgan fingerprint density at radius 3 is 2.83 bits per heavy atom. The SMILES string of the molecule is C=C(Cn1ccnc1)c1ccccc1OC(C)C. The number of para-hydroxylation sites is 1. The molecule has 1 aromatic heterocycles. The normalized spacial score (nSPS) is 10.6. The second-order valence-electron chi connectivity index (χ2n) is 4.50. The van der Waals surface area contributed by atoms with Crippen LogP contribution in [0.25, 0.3) is 5.57 Å². The van der Waals surface area contributed by atoms with Crippen molar-refractivity contribution in [3.8, 4) is 5.75 Å². The lowest BCUT2D eigenvalue weighted by molar-refractivity contribution is 0.241. The molecule has 0 bridgehead atoms. The van der Waals surface area contributed by atoms with E-state index in [1.54, 1.807) is 12.5 Å². The number of imidazole rings is 1. The summed E-state index contributed by atoms with van der Waals surface area (Å²) in [5.74, 6) is 0.887. The molecular weight excluding hydrogens is 224 g/mol. The van der Waals surface area contributed by atoms with E-state index in [0.717, 1.165) is 23.4 Å². The molecule has 2 aromatic rings. The highest BCUT2D eigenvalue weighted by Gasteiger charge is 2.08. The third kappa shape index (κ3) is 3.00. The van der Waals surface area contributed by atoms with Crippen LogP contribution in [0, 0.1) is 0 Å². The molecule has 0 aliphatic heterocycles. The largest absolute Gasteiger partial charge is 0.490 e. The molecule has 3 nitrogen and oxygen atoms in total. The van der Waals surface area contributed by atoms with Crippen LogP contribution < -0.4 is 4.74 Å². The van der Waals surface area contributed by atoms with Crippen LogP contribution in [-0.2, 0) is 6.54 Å².